The van der Waals surface area contributed by atoms with Gasteiger partial charge in [0.15, 0.2) is 0 Å². The standard InChI is InChI=1S/C13H14ClNO2/c1-9(2)13(8-15,7-12(16)17)10-4-3-5-11(14)6-10/h3-6,9H,7H2,1-2H3,(H,16,17). The Balaban J connectivity index is 3.33. The molecule has 1 rings (SSSR count). The van der Waals surface area contributed by atoms with Gasteiger partial charge in [0.05, 0.1) is 17.9 Å². The number of carboxylic acid groups (broad SMARTS) is 1. The highest BCUT2D eigenvalue weighted by molar-refractivity contribution is 6.30. The minimum Gasteiger partial charge on any atom is -0.481 e. The molecule has 3 nitrogen and oxygen atoms in total. The number of hydrogen-bond acceptors (Lipinski definition) is 2. The molecule has 0 amide bonds. The van der Waals surface area contributed by atoms with Gasteiger partial charge < -0.3 is 5.11 Å². The molecule has 1 unspecified atom stereocenters. The summed E-state index contributed by atoms with van der Waals surface area (Å²) < 4.78 is 0. The van der Waals surface area contributed by atoms with E-state index < -0.39 is 11.4 Å². The summed E-state index contributed by atoms with van der Waals surface area (Å²) in [5.74, 6) is -1.10. The maximum absolute atomic E-state index is 11.0. The van der Waals surface area contributed by atoms with E-state index in [4.69, 9.17) is 16.7 Å². The van der Waals surface area contributed by atoms with Crippen LogP contribution in [0, 0.1) is 17.2 Å². The Morgan fingerprint density at radius 3 is 2.65 bits per heavy atom. The quantitative estimate of drug-likeness (QED) is 0.894. The molecule has 1 aromatic carbocycles. The van der Waals surface area contributed by atoms with E-state index in [0.717, 1.165) is 0 Å². The van der Waals surface area contributed by atoms with Crippen molar-refractivity contribution in [3.63, 3.8) is 0 Å². The highest BCUT2D eigenvalue weighted by Crippen LogP contribution is 2.36. The lowest BCUT2D eigenvalue weighted by molar-refractivity contribution is -0.138. The Morgan fingerprint density at radius 2 is 2.24 bits per heavy atom. The van der Waals surface area contributed by atoms with E-state index in [0.29, 0.717) is 10.6 Å². The van der Waals surface area contributed by atoms with E-state index in [1.54, 1.807) is 24.3 Å². The molecule has 1 aromatic rings. The van der Waals surface area contributed by atoms with Gasteiger partial charge in [-0.2, -0.15) is 5.26 Å². The average Bonchev–Trinajstić information content (AvgIpc) is 2.25. The number of carbonyl (C=O) groups is 1. The first-order chi connectivity index (χ1) is 7.92. The number of benzene rings is 1. The molecule has 0 aromatic heterocycles. The summed E-state index contributed by atoms with van der Waals surface area (Å²) in [6.07, 6.45) is -0.221. The summed E-state index contributed by atoms with van der Waals surface area (Å²) in [6, 6.07) is 8.99. The van der Waals surface area contributed by atoms with Crippen molar-refractivity contribution in [1.82, 2.24) is 0 Å². The van der Waals surface area contributed by atoms with Crippen LogP contribution in [0.3, 0.4) is 0 Å². The third-order valence-corrected chi connectivity index (χ3v) is 3.19. The lowest BCUT2D eigenvalue weighted by Crippen LogP contribution is -2.33. The van der Waals surface area contributed by atoms with E-state index in [9.17, 15) is 10.1 Å². The van der Waals surface area contributed by atoms with Crippen molar-refractivity contribution in [2.24, 2.45) is 5.92 Å². The zero-order valence-electron chi connectivity index (χ0n) is 9.77. The second-order valence-electron chi connectivity index (χ2n) is 4.32. The van der Waals surface area contributed by atoms with Gasteiger partial charge >= 0.3 is 5.97 Å². The van der Waals surface area contributed by atoms with Crippen molar-refractivity contribution < 1.29 is 9.90 Å². The lowest BCUT2D eigenvalue weighted by atomic mass is 9.70. The summed E-state index contributed by atoms with van der Waals surface area (Å²) in [7, 11) is 0. The van der Waals surface area contributed by atoms with E-state index in [1.807, 2.05) is 13.8 Å². The van der Waals surface area contributed by atoms with Crippen LogP contribution in [0.1, 0.15) is 25.8 Å². The monoisotopic (exact) mass is 251 g/mol. The minimum atomic E-state index is -1.03. The van der Waals surface area contributed by atoms with Gasteiger partial charge in [-0.05, 0) is 23.6 Å². The molecule has 0 saturated heterocycles. The van der Waals surface area contributed by atoms with Crippen LogP contribution in [-0.2, 0) is 10.2 Å². The molecular weight excluding hydrogens is 238 g/mol. The van der Waals surface area contributed by atoms with Gasteiger partial charge in [-0.3, -0.25) is 4.79 Å². The van der Waals surface area contributed by atoms with E-state index >= 15 is 0 Å². The van der Waals surface area contributed by atoms with Gasteiger partial charge in [-0.1, -0.05) is 37.6 Å². The number of aliphatic carboxylic acids is 1. The first-order valence-electron chi connectivity index (χ1n) is 5.31. The highest BCUT2D eigenvalue weighted by Gasteiger charge is 2.38. The van der Waals surface area contributed by atoms with Crippen LogP contribution in [0.25, 0.3) is 0 Å². The van der Waals surface area contributed by atoms with Crippen molar-refractivity contribution in [2.45, 2.75) is 25.7 Å². The van der Waals surface area contributed by atoms with Gasteiger partial charge in [0.25, 0.3) is 0 Å². The molecule has 0 saturated carbocycles. The fourth-order valence-electron chi connectivity index (χ4n) is 1.88. The summed E-state index contributed by atoms with van der Waals surface area (Å²) in [5.41, 5.74) is -0.374. The molecule has 0 heterocycles. The van der Waals surface area contributed by atoms with Crippen LogP contribution in [0.15, 0.2) is 24.3 Å². The van der Waals surface area contributed by atoms with Crippen LogP contribution in [0.5, 0.6) is 0 Å². The number of nitrogens with zero attached hydrogens (tertiary/aromatic N) is 1. The molecule has 0 aliphatic carbocycles. The molecular formula is C13H14ClNO2. The summed E-state index contributed by atoms with van der Waals surface area (Å²) in [5, 5.41) is 18.9. The molecule has 4 heteroatoms. The fourth-order valence-corrected chi connectivity index (χ4v) is 2.07. The number of hydrogen-bond donors (Lipinski definition) is 1. The second-order valence-corrected chi connectivity index (χ2v) is 4.76. The topological polar surface area (TPSA) is 61.1 Å². The normalized spacial score (nSPS) is 14.1. The molecule has 0 spiro atoms. The zero-order chi connectivity index (χ0) is 13.1. The van der Waals surface area contributed by atoms with Crippen molar-refractivity contribution >= 4 is 17.6 Å². The molecule has 0 bridgehead atoms. The lowest BCUT2D eigenvalue weighted by Gasteiger charge is -2.29. The number of rotatable bonds is 4. The summed E-state index contributed by atoms with van der Waals surface area (Å²) in [6.45, 7) is 3.68. The number of carboxylic acids is 1. The Kier molecular flexibility index (Phi) is 4.14. The van der Waals surface area contributed by atoms with Crippen LogP contribution >= 0.6 is 11.6 Å². The first-order valence-corrected chi connectivity index (χ1v) is 5.69. The molecule has 0 aliphatic heterocycles. The predicted octanol–water partition coefficient (Wildman–Crippen LogP) is 3.23. The smallest absolute Gasteiger partial charge is 0.305 e. The van der Waals surface area contributed by atoms with Gasteiger partial charge in [-0.15, -0.1) is 0 Å². The molecule has 90 valence electrons. The number of nitriles is 1. The maximum Gasteiger partial charge on any atom is 0.305 e. The molecule has 17 heavy (non-hydrogen) atoms. The molecule has 0 aliphatic rings. The van der Waals surface area contributed by atoms with Gasteiger partial charge in [-0.25, -0.2) is 0 Å². The van der Waals surface area contributed by atoms with E-state index in [-0.39, 0.29) is 12.3 Å². The Morgan fingerprint density at radius 1 is 1.59 bits per heavy atom. The SMILES string of the molecule is CC(C)C(C#N)(CC(=O)O)c1cccc(Cl)c1. The third kappa shape index (κ3) is 2.78. The molecule has 0 fully saturated rings. The Labute approximate surface area is 106 Å². The van der Waals surface area contributed by atoms with Crippen molar-refractivity contribution in [2.75, 3.05) is 0 Å². The van der Waals surface area contributed by atoms with E-state index in [1.165, 1.54) is 0 Å². The summed E-state index contributed by atoms with van der Waals surface area (Å²) in [4.78, 5) is 11.0. The Bertz CT molecular complexity index is 465. The molecule has 1 atom stereocenters. The first kappa shape index (κ1) is 13.5. The minimum absolute atomic E-state index is 0.109. The van der Waals surface area contributed by atoms with Crippen LogP contribution < -0.4 is 0 Å². The van der Waals surface area contributed by atoms with Crippen LogP contribution in [-0.4, -0.2) is 11.1 Å². The number of halogens is 1. The van der Waals surface area contributed by atoms with Crippen LogP contribution in [0.2, 0.25) is 5.02 Å². The molecule has 0 radical (unpaired) electrons. The Hall–Kier alpha value is -1.53. The van der Waals surface area contributed by atoms with Gasteiger partial charge in [0.1, 0.15) is 0 Å². The fraction of sp³-hybridized carbons (Fsp3) is 0.385. The van der Waals surface area contributed by atoms with Crippen molar-refractivity contribution in [3.8, 4) is 6.07 Å². The van der Waals surface area contributed by atoms with Crippen LogP contribution in [0.4, 0.5) is 0 Å². The predicted molar refractivity (Wildman–Crippen MR) is 65.8 cm³/mol. The average molecular weight is 252 g/mol. The van der Waals surface area contributed by atoms with Crippen molar-refractivity contribution in [3.05, 3.63) is 34.9 Å². The summed E-state index contributed by atoms with van der Waals surface area (Å²) >= 11 is 5.89. The van der Waals surface area contributed by atoms with E-state index in [2.05, 4.69) is 6.07 Å². The third-order valence-electron chi connectivity index (χ3n) is 2.95. The second kappa shape index (κ2) is 5.20. The highest BCUT2D eigenvalue weighted by atomic mass is 35.5. The molecule has 1 N–H and O–H groups in total. The van der Waals surface area contributed by atoms with Crippen molar-refractivity contribution in [1.29, 1.82) is 5.26 Å². The zero-order valence-corrected chi connectivity index (χ0v) is 10.5. The van der Waals surface area contributed by atoms with Gasteiger partial charge in [0, 0.05) is 5.02 Å². The largest absolute Gasteiger partial charge is 0.481 e. The maximum atomic E-state index is 11.0. The van der Waals surface area contributed by atoms with Gasteiger partial charge in [0.2, 0.25) is 0 Å².